The van der Waals surface area contributed by atoms with Gasteiger partial charge in [0.05, 0.1) is 5.69 Å². The number of rotatable bonds is 1. The highest BCUT2D eigenvalue weighted by molar-refractivity contribution is 6.10. The van der Waals surface area contributed by atoms with Crippen LogP contribution in [0.2, 0.25) is 0 Å². The molecule has 0 unspecified atom stereocenters. The average Bonchev–Trinajstić information content (AvgIpc) is 3.00. The summed E-state index contributed by atoms with van der Waals surface area (Å²) in [5, 5.41) is 4.39. The highest BCUT2D eigenvalue weighted by Gasteiger charge is 2.14. The number of para-hydroxylation sites is 1. The highest BCUT2D eigenvalue weighted by Crippen LogP contribution is 2.36. The van der Waals surface area contributed by atoms with Crippen LogP contribution in [0.25, 0.3) is 44.1 Å². The number of aromatic nitrogens is 2. The maximum absolute atomic E-state index is 6.04. The van der Waals surface area contributed by atoms with Gasteiger partial charge in [0.15, 0.2) is 0 Å². The van der Waals surface area contributed by atoms with E-state index in [2.05, 4.69) is 34.2 Å². The molecule has 3 aromatic heterocycles. The molecule has 0 spiro atoms. The predicted molar refractivity (Wildman–Crippen MR) is 92.3 cm³/mol. The van der Waals surface area contributed by atoms with Crippen LogP contribution in [0, 0.1) is 0 Å². The average molecular weight is 296 g/mol. The minimum absolute atomic E-state index is 0.662. The first-order valence-electron chi connectivity index (χ1n) is 7.52. The van der Waals surface area contributed by atoms with Gasteiger partial charge < -0.3 is 4.42 Å². The standard InChI is InChI=1S/C20H12N2O/c1-2-6-14-13(5-1)10-12-21-18(14)17-8-3-7-15-16-9-4-11-22-20(16)23-19(15)17/h1-12H. The fraction of sp³-hybridized carbons (Fsp3) is 0. The van der Waals surface area contributed by atoms with E-state index in [1.807, 2.05) is 42.6 Å². The molecule has 0 atom stereocenters. The van der Waals surface area contributed by atoms with Gasteiger partial charge >= 0.3 is 0 Å². The lowest BCUT2D eigenvalue weighted by atomic mass is 10.0. The van der Waals surface area contributed by atoms with Gasteiger partial charge in [-0.25, -0.2) is 4.98 Å². The van der Waals surface area contributed by atoms with E-state index in [1.54, 1.807) is 6.20 Å². The lowest BCUT2D eigenvalue weighted by Crippen LogP contribution is -1.86. The summed E-state index contributed by atoms with van der Waals surface area (Å²) in [6.07, 6.45) is 3.60. The Bertz CT molecular complexity index is 1170. The Balaban J connectivity index is 1.93. The molecule has 2 aromatic carbocycles. The second-order valence-corrected chi connectivity index (χ2v) is 5.52. The third-order valence-corrected chi connectivity index (χ3v) is 4.20. The molecule has 0 radical (unpaired) electrons. The van der Waals surface area contributed by atoms with Gasteiger partial charge in [0.1, 0.15) is 5.58 Å². The molecule has 0 fully saturated rings. The molecule has 3 heteroatoms. The van der Waals surface area contributed by atoms with E-state index in [-0.39, 0.29) is 0 Å². The summed E-state index contributed by atoms with van der Waals surface area (Å²) in [5.41, 5.74) is 3.44. The topological polar surface area (TPSA) is 38.9 Å². The summed E-state index contributed by atoms with van der Waals surface area (Å²) in [6, 6.07) is 20.4. The zero-order valence-corrected chi connectivity index (χ0v) is 12.2. The van der Waals surface area contributed by atoms with Gasteiger partial charge in [0.25, 0.3) is 0 Å². The molecule has 3 nitrogen and oxygen atoms in total. The van der Waals surface area contributed by atoms with Gasteiger partial charge in [-0.15, -0.1) is 0 Å². The van der Waals surface area contributed by atoms with Crippen LogP contribution in [-0.4, -0.2) is 9.97 Å². The molecular formula is C20H12N2O. The van der Waals surface area contributed by atoms with Crippen molar-refractivity contribution in [1.82, 2.24) is 9.97 Å². The normalized spacial score (nSPS) is 11.5. The smallest absolute Gasteiger partial charge is 0.227 e. The summed E-state index contributed by atoms with van der Waals surface area (Å²) in [5.74, 6) is 0. The number of fused-ring (bicyclic) bond motifs is 4. The van der Waals surface area contributed by atoms with Crippen LogP contribution in [0.5, 0.6) is 0 Å². The Labute approximate surface area is 132 Å². The Morgan fingerprint density at radius 3 is 2.52 bits per heavy atom. The predicted octanol–water partition coefficient (Wildman–Crippen LogP) is 5.20. The minimum Gasteiger partial charge on any atom is -0.437 e. The first-order chi connectivity index (χ1) is 11.4. The maximum Gasteiger partial charge on any atom is 0.227 e. The molecule has 0 saturated heterocycles. The Morgan fingerprint density at radius 1 is 0.652 bits per heavy atom. The molecule has 0 bridgehead atoms. The van der Waals surface area contributed by atoms with Crippen LogP contribution in [0.15, 0.2) is 77.5 Å². The number of pyridine rings is 2. The van der Waals surface area contributed by atoms with Crippen LogP contribution in [0.3, 0.4) is 0 Å². The highest BCUT2D eigenvalue weighted by atomic mass is 16.3. The number of furan rings is 1. The second-order valence-electron chi connectivity index (χ2n) is 5.52. The molecule has 5 aromatic rings. The summed E-state index contributed by atoms with van der Waals surface area (Å²) >= 11 is 0. The van der Waals surface area contributed by atoms with Crippen molar-refractivity contribution in [2.45, 2.75) is 0 Å². The molecule has 0 aliphatic heterocycles. The molecule has 0 N–H and O–H groups in total. The fourth-order valence-corrected chi connectivity index (χ4v) is 3.15. The van der Waals surface area contributed by atoms with E-state index in [4.69, 9.17) is 4.42 Å². The first-order valence-corrected chi connectivity index (χ1v) is 7.52. The molecule has 0 saturated carbocycles. The van der Waals surface area contributed by atoms with Crippen molar-refractivity contribution < 1.29 is 4.42 Å². The van der Waals surface area contributed by atoms with Crippen molar-refractivity contribution in [3.63, 3.8) is 0 Å². The summed E-state index contributed by atoms with van der Waals surface area (Å²) in [7, 11) is 0. The van der Waals surface area contributed by atoms with Gasteiger partial charge in [0.2, 0.25) is 5.71 Å². The van der Waals surface area contributed by atoms with Crippen molar-refractivity contribution in [2.75, 3.05) is 0 Å². The lowest BCUT2D eigenvalue weighted by molar-refractivity contribution is 0.655. The van der Waals surface area contributed by atoms with Crippen molar-refractivity contribution in [3.05, 3.63) is 73.1 Å². The molecular weight excluding hydrogens is 284 g/mol. The van der Waals surface area contributed by atoms with E-state index >= 15 is 0 Å². The Kier molecular flexibility index (Phi) is 2.50. The van der Waals surface area contributed by atoms with Crippen LogP contribution in [-0.2, 0) is 0 Å². The molecule has 5 rings (SSSR count). The van der Waals surface area contributed by atoms with E-state index in [0.717, 1.165) is 33.0 Å². The molecule has 108 valence electrons. The number of nitrogens with zero attached hydrogens (tertiary/aromatic N) is 2. The summed E-state index contributed by atoms with van der Waals surface area (Å²) in [6.45, 7) is 0. The van der Waals surface area contributed by atoms with Crippen molar-refractivity contribution in [3.8, 4) is 11.3 Å². The minimum atomic E-state index is 0.662. The molecule has 3 heterocycles. The Morgan fingerprint density at radius 2 is 1.52 bits per heavy atom. The van der Waals surface area contributed by atoms with Crippen LogP contribution in [0.4, 0.5) is 0 Å². The van der Waals surface area contributed by atoms with Crippen LogP contribution in [0.1, 0.15) is 0 Å². The molecule has 0 amide bonds. The summed E-state index contributed by atoms with van der Waals surface area (Å²) in [4.78, 5) is 8.95. The third kappa shape index (κ3) is 1.77. The fourth-order valence-electron chi connectivity index (χ4n) is 3.15. The van der Waals surface area contributed by atoms with Crippen molar-refractivity contribution >= 4 is 32.8 Å². The van der Waals surface area contributed by atoms with Crippen LogP contribution >= 0.6 is 0 Å². The molecule has 23 heavy (non-hydrogen) atoms. The lowest BCUT2D eigenvalue weighted by Gasteiger charge is -2.06. The quantitative estimate of drug-likeness (QED) is 0.427. The Hall–Kier alpha value is -3.20. The van der Waals surface area contributed by atoms with Crippen molar-refractivity contribution in [2.24, 2.45) is 0 Å². The largest absolute Gasteiger partial charge is 0.437 e. The first kappa shape index (κ1) is 12.4. The van der Waals surface area contributed by atoms with Crippen LogP contribution < -0.4 is 0 Å². The number of hydrogen-bond donors (Lipinski definition) is 0. The third-order valence-electron chi connectivity index (χ3n) is 4.20. The number of hydrogen-bond acceptors (Lipinski definition) is 3. The van der Waals surface area contributed by atoms with Gasteiger partial charge in [0, 0.05) is 34.1 Å². The van der Waals surface area contributed by atoms with Gasteiger partial charge in [-0.3, -0.25) is 4.98 Å². The molecule has 0 aliphatic rings. The van der Waals surface area contributed by atoms with Gasteiger partial charge in [-0.1, -0.05) is 36.4 Å². The zero-order valence-electron chi connectivity index (χ0n) is 12.2. The maximum atomic E-state index is 6.04. The van der Waals surface area contributed by atoms with E-state index in [9.17, 15) is 0 Å². The van der Waals surface area contributed by atoms with E-state index < -0.39 is 0 Å². The van der Waals surface area contributed by atoms with Gasteiger partial charge in [-0.05, 0) is 29.7 Å². The second kappa shape index (κ2) is 4.65. The molecule has 0 aliphatic carbocycles. The SMILES string of the molecule is c1ccc2c(-c3cccc4c3oc3ncccc34)nccc2c1. The van der Waals surface area contributed by atoms with Crippen molar-refractivity contribution in [1.29, 1.82) is 0 Å². The summed E-state index contributed by atoms with van der Waals surface area (Å²) < 4.78 is 6.04. The van der Waals surface area contributed by atoms with E-state index in [1.165, 1.54) is 5.39 Å². The van der Waals surface area contributed by atoms with Gasteiger partial charge in [-0.2, -0.15) is 0 Å². The number of benzene rings is 2. The monoisotopic (exact) mass is 296 g/mol. The van der Waals surface area contributed by atoms with E-state index in [0.29, 0.717) is 5.71 Å². The zero-order chi connectivity index (χ0) is 15.2.